The van der Waals surface area contributed by atoms with Crippen molar-refractivity contribution in [1.82, 2.24) is 25.1 Å². The third-order valence-electron chi connectivity index (χ3n) is 5.06. The highest BCUT2D eigenvalue weighted by atomic mass is 16.5. The van der Waals surface area contributed by atoms with Crippen LogP contribution in [-0.4, -0.2) is 57.7 Å². The Labute approximate surface area is 169 Å². The number of benzene rings is 2. The molecule has 0 saturated carbocycles. The normalized spacial score (nSPS) is 16.3. The largest absolute Gasteiger partial charge is 0.457 e. The van der Waals surface area contributed by atoms with Crippen LogP contribution in [0, 0.1) is 5.92 Å². The molecule has 2 aromatic carbocycles. The number of aromatic nitrogens is 4. The van der Waals surface area contributed by atoms with Gasteiger partial charge in [-0.3, -0.25) is 4.79 Å². The number of carbonyl (C=O) groups excluding carboxylic acids is 1. The molecule has 1 aromatic heterocycles. The molecule has 0 spiro atoms. The van der Waals surface area contributed by atoms with E-state index in [4.69, 9.17) is 4.74 Å². The van der Waals surface area contributed by atoms with Crippen molar-refractivity contribution in [3.05, 3.63) is 54.6 Å². The van der Waals surface area contributed by atoms with E-state index in [0.29, 0.717) is 12.4 Å². The lowest BCUT2D eigenvalue weighted by atomic mass is 10.1. The molecule has 29 heavy (non-hydrogen) atoms. The van der Waals surface area contributed by atoms with Crippen molar-refractivity contribution in [2.45, 2.75) is 13.3 Å². The van der Waals surface area contributed by atoms with E-state index in [-0.39, 0.29) is 11.8 Å². The smallest absolute Gasteiger partial charge is 0.250 e. The third kappa shape index (κ3) is 4.21. The Bertz CT molecular complexity index is 957. The van der Waals surface area contributed by atoms with Crippen LogP contribution in [0.5, 0.6) is 11.5 Å². The van der Waals surface area contributed by atoms with Crippen LogP contribution in [0.25, 0.3) is 5.69 Å². The Morgan fingerprint density at radius 1 is 1.10 bits per heavy atom. The summed E-state index contributed by atoms with van der Waals surface area (Å²) in [5.41, 5.74) is 0.843. The molecule has 1 aliphatic rings. The molecule has 0 N–H and O–H groups in total. The second-order valence-corrected chi connectivity index (χ2v) is 7.18. The maximum Gasteiger partial charge on any atom is 0.250 e. The van der Waals surface area contributed by atoms with Gasteiger partial charge in [0.25, 0.3) is 0 Å². The summed E-state index contributed by atoms with van der Waals surface area (Å²) < 4.78 is 7.53. The van der Waals surface area contributed by atoms with E-state index in [1.54, 1.807) is 4.68 Å². The molecule has 1 unspecified atom stereocenters. The summed E-state index contributed by atoms with van der Waals surface area (Å²) in [6, 6.07) is 17.3. The van der Waals surface area contributed by atoms with E-state index in [9.17, 15) is 4.79 Å². The molecule has 0 aliphatic carbocycles. The number of rotatable bonds is 7. The zero-order valence-corrected chi connectivity index (χ0v) is 16.6. The van der Waals surface area contributed by atoms with Crippen LogP contribution in [0.2, 0.25) is 0 Å². The Kier molecular flexibility index (Phi) is 5.41. The van der Waals surface area contributed by atoms with Crippen LogP contribution in [0.4, 0.5) is 5.95 Å². The number of tetrazole rings is 1. The van der Waals surface area contributed by atoms with E-state index in [1.165, 1.54) is 0 Å². The predicted molar refractivity (Wildman–Crippen MR) is 109 cm³/mol. The van der Waals surface area contributed by atoms with Crippen LogP contribution in [0.3, 0.4) is 0 Å². The number of amides is 1. The van der Waals surface area contributed by atoms with Crippen molar-refractivity contribution in [2.75, 3.05) is 31.6 Å². The first kappa shape index (κ1) is 18.9. The van der Waals surface area contributed by atoms with Crippen LogP contribution < -0.4 is 9.64 Å². The maximum absolute atomic E-state index is 12.0. The number of nitrogens with zero attached hydrogens (tertiary/aromatic N) is 6. The van der Waals surface area contributed by atoms with Crippen LogP contribution >= 0.6 is 0 Å². The molecule has 0 bridgehead atoms. The van der Waals surface area contributed by atoms with Gasteiger partial charge >= 0.3 is 0 Å². The van der Waals surface area contributed by atoms with Crippen molar-refractivity contribution < 1.29 is 9.53 Å². The number of anilines is 1. The fourth-order valence-electron chi connectivity index (χ4n) is 3.62. The van der Waals surface area contributed by atoms with Gasteiger partial charge in [0.1, 0.15) is 11.5 Å². The highest BCUT2D eigenvalue weighted by Gasteiger charge is 2.30. The molecule has 4 rings (SSSR count). The van der Waals surface area contributed by atoms with Gasteiger partial charge in [-0.05, 0) is 53.7 Å². The van der Waals surface area contributed by atoms with Gasteiger partial charge in [-0.25, -0.2) is 0 Å². The number of carbonyl (C=O) groups is 1. The highest BCUT2D eigenvalue weighted by Crippen LogP contribution is 2.24. The Morgan fingerprint density at radius 2 is 1.83 bits per heavy atom. The van der Waals surface area contributed by atoms with Crippen molar-refractivity contribution in [3.8, 4) is 17.2 Å². The monoisotopic (exact) mass is 392 g/mol. The molecule has 1 saturated heterocycles. The van der Waals surface area contributed by atoms with Crippen molar-refractivity contribution >= 4 is 11.9 Å². The first-order chi connectivity index (χ1) is 14.1. The maximum atomic E-state index is 12.0. The summed E-state index contributed by atoms with van der Waals surface area (Å²) in [6.07, 6.45) is 0.575. The van der Waals surface area contributed by atoms with Crippen molar-refractivity contribution in [1.29, 1.82) is 0 Å². The second-order valence-electron chi connectivity index (χ2n) is 7.18. The fraction of sp³-hybridized carbons (Fsp3) is 0.333. The van der Waals surface area contributed by atoms with Gasteiger partial charge in [-0.2, -0.15) is 4.68 Å². The number of ether oxygens (including phenoxy) is 1. The van der Waals surface area contributed by atoms with Gasteiger partial charge in [-0.1, -0.05) is 23.3 Å². The lowest BCUT2D eigenvalue weighted by Crippen LogP contribution is -2.30. The minimum atomic E-state index is 0.222. The van der Waals surface area contributed by atoms with Crippen LogP contribution in [0.15, 0.2) is 54.6 Å². The van der Waals surface area contributed by atoms with Crippen molar-refractivity contribution in [3.63, 3.8) is 0 Å². The molecule has 1 atom stereocenters. The number of para-hydroxylation sites is 1. The van der Waals surface area contributed by atoms with Gasteiger partial charge < -0.3 is 14.5 Å². The summed E-state index contributed by atoms with van der Waals surface area (Å²) in [7, 11) is 1.95. The summed E-state index contributed by atoms with van der Waals surface area (Å²) in [5.74, 6) is 2.67. The number of hydrogen-bond donors (Lipinski definition) is 0. The molecule has 1 aliphatic heterocycles. The Hall–Kier alpha value is -3.42. The quantitative estimate of drug-likeness (QED) is 0.615. The zero-order valence-electron chi connectivity index (χ0n) is 16.6. The Balaban J connectivity index is 1.45. The topological polar surface area (TPSA) is 76.4 Å². The molecule has 3 aromatic rings. The molecule has 1 amide bonds. The van der Waals surface area contributed by atoms with Gasteiger partial charge in [0.05, 0.1) is 5.69 Å². The molecular weight excluding hydrogens is 368 g/mol. The summed E-state index contributed by atoms with van der Waals surface area (Å²) in [5, 5.41) is 12.2. The van der Waals surface area contributed by atoms with E-state index in [1.807, 2.05) is 78.4 Å². The van der Waals surface area contributed by atoms with Gasteiger partial charge in [0, 0.05) is 39.0 Å². The first-order valence-corrected chi connectivity index (χ1v) is 9.74. The minimum Gasteiger partial charge on any atom is -0.457 e. The van der Waals surface area contributed by atoms with Gasteiger partial charge in [0.2, 0.25) is 11.9 Å². The molecule has 0 radical (unpaired) electrons. The number of hydrogen-bond acceptors (Lipinski definition) is 6. The summed E-state index contributed by atoms with van der Waals surface area (Å²) in [4.78, 5) is 15.9. The summed E-state index contributed by atoms with van der Waals surface area (Å²) in [6.45, 7) is 4.27. The predicted octanol–water partition coefficient (Wildman–Crippen LogP) is 2.76. The Morgan fingerprint density at radius 3 is 2.52 bits per heavy atom. The third-order valence-corrected chi connectivity index (χ3v) is 5.06. The second kappa shape index (κ2) is 8.30. The minimum absolute atomic E-state index is 0.222. The average molecular weight is 392 g/mol. The SMILES string of the molecule is CCN1CC(CN(C)c2nnnn2-c2ccc(Oc3ccccc3)cc2)CC1=O. The van der Waals surface area contributed by atoms with E-state index in [2.05, 4.69) is 15.5 Å². The first-order valence-electron chi connectivity index (χ1n) is 9.74. The average Bonchev–Trinajstić information content (AvgIpc) is 3.36. The zero-order chi connectivity index (χ0) is 20.2. The molecule has 8 nitrogen and oxygen atoms in total. The lowest BCUT2D eigenvalue weighted by Gasteiger charge is -2.21. The lowest BCUT2D eigenvalue weighted by molar-refractivity contribution is -0.127. The van der Waals surface area contributed by atoms with E-state index >= 15 is 0 Å². The fourth-order valence-corrected chi connectivity index (χ4v) is 3.62. The molecule has 150 valence electrons. The van der Waals surface area contributed by atoms with E-state index < -0.39 is 0 Å². The van der Waals surface area contributed by atoms with Crippen LogP contribution in [0.1, 0.15) is 13.3 Å². The van der Waals surface area contributed by atoms with E-state index in [0.717, 1.165) is 36.8 Å². The van der Waals surface area contributed by atoms with Gasteiger partial charge in [-0.15, -0.1) is 0 Å². The summed E-state index contributed by atoms with van der Waals surface area (Å²) >= 11 is 0. The van der Waals surface area contributed by atoms with Gasteiger partial charge in [0.15, 0.2) is 0 Å². The molecular formula is C21H24N6O2. The molecule has 2 heterocycles. The van der Waals surface area contributed by atoms with Crippen LogP contribution in [-0.2, 0) is 4.79 Å². The number of likely N-dealkylation sites (tertiary alicyclic amines) is 1. The molecule has 1 fully saturated rings. The standard InChI is InChI=1S/C21H24N6O2/c1-3-26-15-16(13-20(26)28)14-25(2)21-22-23-24-27(21)17-9-11-19(12-10-17)29-18-7-5-4-6-8-18/h4-12,16H,3,13-15H2,1-2H3. The van der Waals surface area contributed by atoms with Crippen molar-refractivity contribution in [2.24, 2.45) is 5.92 Å². The highest BCUT2D eigenvalue weighted by molar-refractivity contribution is 5.78. The molecule has 8 heteroatoms.